The molecule has 5 nitrogen and oxygen atoms in total. The van der Waals surface area contributed by atoms with Crippen molar-refractivity contribution in [1.29, 1.82) is 0 Å². The Morgan fingerprint density at radius 1 is 1.56 bits per heavy atom. The van der Waals surface area contributed by atoms with Gasteiger partial charge < -0.3 is 14.5 Å². The average molecular weight is 222 g/mol. The fraction of sp³-hybridized carbons (Fsp3) is 0.545. The number of carbonyl (C=O) groups excluding carboxylic acids is 1. The Morgan fingerprint density at radius 2 is 2.50 bits per heavy atom. The van der Waals surface area contributed by atoms with Gasteiger partial charge in [0.05, 0.1) is 18.8 Å². The molecule has 1 aromatic rings. The van der Waals surface area contributed by atoms with Crippen LogP contribution in [0.5, 0.6) is 0 Å². The van der Waals surface area contributed by atoms with Gasteiger partial charge in [-0.3, -0.25) is 4.90 Å². The monoisotopic (exact) mass is 222 g/mol. The molecule has 2 unspecified atom stereocenters. The normalized spacial score (nSPS) is 29.0. The Hall–Kier alpha value is -1.49. The smallest absolute Gasteiger partial charge is 0.410 e. The standard InChI is InChI=1S/C11H14N2O3/c14-11-13(7-8-2-1-5-15-8)9-3-4-12-6-10(9)16-11/h1-2,5,9-10,12H,3-4,6-7H2. The van der Waals surface area contributed by atoms with E-state index in [0.717, 1.165) is 25.3 Å². The number of amides is 1. The summed E-state index contributed by atoms with van der Waals surface area (Å²) < 4.78 is 10.6. The molecular formula is C11H14N2O3. The number of piperidine rings is 1. The lowest BCUT2D eigenvalue weighted by Gasteiger charge is -2.28. The van der Waals surface area contributed by atoms with Gasteiger partial charge in [-0.25, -0.2) is 4.79 Å². The molecule has 0 aliphatic carbocycles. The summed E-state index contributed by atoms with van der Waals surface area (Å²) in [4.78, 5) is 13.5. The molecule has 3 heterocycles. The van der Waals surface area contributed by atoms with Crippen LogP contribution in [0.1, 0.15) is 12.2 Å². The van der Waals surface area contributed by atoms with Crippen LogP contribution in [-0.4, -0.2) is 36.2 Å². The van der Waals surface area contributed by atoms with E-state index in [1.54, 1.807) is 11.2 Å². The highest BCUT2D eigenvalue weighted by Gasteiger charge is 2.42. The van der Waals surface area contributed by atoms with Crippen molar-refractivity contribution in [1.82, 2.24) is 10.2 Å². The minimum Gasteiger partial charge on any atom is -0.467 e. The van der Waals surface area contributed by atoms with Crippen LogP contribution in [-0.2, 0) is 11.3 Å². The highest BCUT2D eigenvalue weighted by Crippen LogP contribution is 2.25. The van der Waals surface area contributed by atoms with Gasteiger partial charge in [0.15, 0.2) is 0 Å². The van der Waals surface area contributed by atoms with Crippen LogP contribution < -0.4 is 5.32 Å². The Balaban J connectivity index is 1.75. The molecule has 2 atom stereocenters. The predicted octanol–water partition coefficient (Wildman–Crippen LogP) is 0.962. The van der Waals surface area contributed by atoms with Gasteiger partial charge in [0.2, 0.25) is 0 Å². The molecule has 1 aromatic heterocycles. The zero-order chi connectivity index (χ0) is 11.0. The number of hydrogen-bond acceptors (Lipinski definition) is 4. The zero-order valence-electron chi connectivity index (χ0n) is 8.89. The third-order valence-electron chi connectivity index (χ3n) is 3.18. The lowest BCUT2D eigenvalue weighted by atomic mass is 10.0. The molecule has 3 rings (SSSR count). The molecule has 1 N–H and O–H groups in total. The zero-order valence-corrected chi connectivity index (χ0v) is 8.89. The van der Waals surface area contributed by atoms with Gasteiger partial charge >= 0.3 is 6.09 Å². The lowest BCUT2D eigenvalue weighted by Crippen LogP contribution is -2.46. The minimum absolute atomic E-state index is 0.00351. The highest BCUT2D eigenvalue weighted by atomic mass is 16.6. The van der Waals surface area contributed by atoms with E-state index in [9.17, 15) is 4.79 Å². The minimum atomic E-state index is -0.227. The van der Waals surface area contributed by atoms with Gasteiger partial charge in [-0.2, -0.15) is 0 Å². The van der Waals surface area contributed by atoms with Crippen LogP contribution in [0.3, 0.4) is 0 Å². The quantitative estimate of drug-likeness (QED) is 0.809. The second-order valence-electron chi connectivity index (χ2n) is 4.19. The van der Waals surface area contributed by atoms with E-state index in [1.165, 1.54) is 0 Å². The fourth-order valence-corrected chi connectivity index (χ4v) is 2.38. The van der Waals surface area contributed by atoms with Crippen LogP contribution >= 0.6 is 0 Å². The summed E-state index contributed by atoms with van der Waals surface area (Å²) in [5.74, 6) is 0.802. The summed E-state index contributed by atoms with van der Waals surface area (Å²) in [7, 11) is 0. The van der Waals surface area contributed by atoms with Crippen LogP contribution in [0.4, 0.5) is 4.79 Å². The van der Waals surface area contributed by atoms with Crippen molar-refractivity contribution in [3.63, 3.8) is 0 Å². The third-order valence-corrected chi connectivity index (χ3v) is 3.18. The van der Waals surface area contributed by atoms with Gasteiger partial charge in [-0.05, 0) is 25.1 Å². The molecular weight excluding hydrogens is 208 g/mol. The number of hydrogen-bond donors (Lipinski definition) is 1. The topological polar surface area (TPSA) is 54.7 Å². The number of ether oxygens (including phenoxy) is 1. The summed E-state index contributed by atoms with van der Waals surface area (Å²) >= 11 is 0. The maximum Gasteiger partial charge on any atom is 0.410 e. The molecule has 0 radical (unpaired) electrons. The van der Waals surface area contributed by atoms with E-state index in [0.29, 0.717) is 6.54 Å². The maximum atomic E-state index is 11.7. The van der Waals surface area contributed by atoms with Crippen LogP contribution in [0.15, 0.2) is 22.8 Å². The first kappa shape index (κ1) is 9.72. The Kier molecular flexibility index (Phi) is 2.32. The van der Waals surface area contributed by atoms with Crippen molar-refractivity contribution >= 4 is 6.09 Å². The molecule has 0 bridgehead atoms. The van der Waals surface area contributed by atoms with Crippen molar-refractivity contribution in [3.8, 4) is 0 Å². The van der Waals surface area contributed by atoms with Crippen molar-refractivity contribution < 1.29 is 13.9 Å². The predicted molar refractivity (Wildman–Crippen MR) is 55.8 cm³/mol. The first-order valence-corrected chi connectivity index (χ1v) is 5.55. The largest absolute Gasteiger partial charge is 0.467 e. The average Bonchev–Trinajstić information content (AvgIpc) is 2.89. The molecule has 2 aliphatic heterocycles. The molecule has 0 saturated carbocycles. The summed E-state index contributed by atoms with van der Waals surface area (Å²) in [6.45, 7) is 2.20. The molecule has 2 aliphatic rings. The van der Waals surface area contributed by atoms with E-state index in [1.807, 2.05) is 12.1 Å². The van der Waals surface area contributed by atoms with E-state index in [4.69, 9.17) is 9.15 Å². The molecule has 2 fully saturated rings. The molecule has 16 heavy (non-hydrogen) atoms. The van der Waals surface area contributed by atoms with Crippen molar-refractivity contribution in [2.75, 3.05) is 13.1 Å². The summed E-state index contributed by atoms with van der Waals surface area (Å²) in [5, 5.41) is 3.23. The van der Waals surface area contributed by atoms with Gasteiger partial charge in [-0.1, -0.05) is 0 Å². The first-order chi connectivity index (χ1) is 7.84. The Morgan fingerprint density at radius 3 is 3.31 bits per heavy atom. The van der Waals surface area contributed by atoms with E-state index in [-0.39, 0.29) is 18.2 Å². The molecule has 0 spiro atoms. The number of nitrogens with zero attached hydrogens (tertiary/aromatic N) is 1. The SMILES string of the molecule is O=C1OC2CNCCC2N1Cc1ccco1. The third kappa shape index (κ3) is 1.57. The summed E-state index contributed by atoms with van der Waals surface area (Å²) in [5.41, 5.74) is 0. The van der Waals surface area contributed by atoms with Gasteiger partial charge in [-0.15, -0.1) is 0 Å². The summed E-state index contributed by atoms with van der Waals surface area (Å²) in [6, 6.07) is 3.90. The van der Waals surface area contributed by atoms with Crippen molar-refractivity contribution in [2.45, 2.75) is 25.1 Å². The Labute approximate surface area is 93.4 Å². The second kappa shape index (κ2) is 3.83. The highest BCUT2D eigenvalue weighted by molar-refractivity contribution is 5.70. The number of fused-ring (bicyclic) bond motifs is 1. The molecule has 5 heteroatoms. The lowest BCUT2D eigenvalue weighted by molar-refractivity contribution is 0.121. The van der Waals surface area contributed by atoms with Crippen LogP contribution in [0, 0.1) is 0 Å². The van der Waals surface area contributed by atoms with E-state index in [2.05, 4.69) is 5.32 Å². The van der Waals surface area contributed by atoms with Gasteiger partial charge in [0, 0.05) is 6.54 Å². The molecule has 1 amide bonds. The number of carbonyl (C=O) groups is 1. The van der Waals surface area contributed by atoms with Gasteiger partial charge in [0.1, 0.15) is 11.9 Å². The number of rotatable bonds is 2. The number of nitrogens with one attached hydrogen (secondary N) is 1. The first-order valence-electron chi connectivity index (χ1n) is 5.55. The molecule has 2 saturated heterocycles. The number of furan rings is 1. The van der Waals surface area contributed by atoms with Crippen LogP contribution in [0.25, 0.3) is 0 Å². The van der Waals surface area contributed by atoms with E-state index < -0.39 is 0 Å². The molecule has 0 aromatic carbocycles. The van der Waals surface area contributed by atoms with Crippen molar-refractivity contribution in [2.24, 2.45) is 0 Å². The second-order valence-corrected chi connectivity index (χ2v) is 4.19. The molecule has 86 valence electrons. The summed E-state index contributed by atoms with van der Waals surface area (Å²) in [6.07, 6.45) is 2.33. The Bertz CT molecular complexity index is 377. The van der Waals surface area contributed by atoms with Crippen molar-refractivity contribution in [3.05, 3.63) is 24.2 Å². The van der Waals surface area contributed by atoms with Gasteiger partial charge in [0.25, 0.3) is 0 Å². The maximum absolute atomic E-state index is 11.7. The van der Waals surface area contributed by atoms with Crippen LogP contribution in [0.2, 0.25) is 0 Å². The van der Waals surface area contributed by atoms with E-state index >= 15 is 0 Å². The fourth-order valence-electron chi connectivity index (χ4n) is 2.38.